The van der Waals surface area contributed by atoms with Crippen LogP contribution < -0.4 is 5.73 Å². The van der Waals surface area contributed by atoms with Gasteiger partial charge in [0.25, 0.3) is 0 Å². The molecule has 0 radical (unpaired) electrons. The Labute approximate surface area is 92.8 Å². The van der Waals surface area contributed by atoms with E-state index in [9.17, 15) is 4.79 Å². The van der Waals surface area contributed by atoms with Crippen molar-refractivity contribution in [1.82, 2.24) is 9.55 Å². The Morgan fingerprint density at radius 2 is 2.38 bits per heavy atom. The molecule has 0 aromatic carbocycles. The molecule has 0 aliphatic heterocycles. The number of nitrogen functional groups attached to an aromatic ring is 1. The van der Waals surface area contributed by atoms with Crippen LogP contribution in [0.2, 0.25) is 0 Å². The molecular formula is C11H13N3O2. The van der Waals surface area contributed by atoms with Gasteiger partial charge in [-0.3, -0.25) is 0 Å². The molecule has 84 valence electrons. The number of nitrogens with two attached hydrogens (primary N) is 1. The molecule has 5 heteroatoms. The van der Waals surface area contributed by atoms with Crippen LogP contribution in [0.3, 0.4) is 0 Å². The quantitative estimate of drug-likeness (QED) is 0.773. The summed E-state index contributed by atoms with van der Waals surface area (Å²) >= 11 is 0. The molecular weight excluding hydrogens is 206 g/mol. The minimum absolute atomic E-state index is 0.328. The van der Waals surface area contributed by atoms with E-state index in [1.165, 1.54) is 0 Å². The van der Waals surface area contributed by atoms with Crippen molar-refractivity contribution in [3.8, 4) is 0 Å². The van der Waals surface area contributed by atoms with E-state index < -0.39 is 5.97 Å². The zero-order chi connectivity index (χ0) is 11.7. The molecule has 0 aliphatic rings. The van der Waals surface area contributed by atoms with E-state index in [1.807, 2.05) is 6.07 Å². The minimum Gasteiger partial charge on any atom is -0.462 e. The van der Waals surface area contributed by atoms with E-state index in [2.05, 4.69) is 4.98 Å². The molecule has 2 aromatic rings. The fourth-order valence-electron chi connectivity index (χ4n) is 1.70. The second-order valence-electron chi connectivity index (χ2n) is 3.41. The SMILES string of the molecule is CCOC(=O)c1c(N)n(C)c2ncccc12. The lowest BCUT2D eigenvalue weighted by Gasteiger charge is -2.01. The average Bonchev–Trinajstić information content (AvgIpc) is 2.53. The molecule has 0 aliphatic carbocycles. The lowest BCUT2D eigenvalue weighted by atomic mass is 10.2. The Kier molecular flexibility index (Phi) is 2.52. The van der Waals surface area contributed by atoms with E-state index in [0.29, 0.717) is 23.6 Å². The Morgan fingerprint density at radius 1 is 1.62 bits per heavy atom. The van der Waals surface area contributed by atoms with Crippen molar-refractivity contribution in [2.45, 2.75) is 6.92 Å². The molecule has 0 fully saturated rings. The topological polar surface area (TPSA) is 70.1 Å². The third kappa shape index (κ3) is 1.41. The summed E-state index contributed by atoms with van der Waals surface area (Å²) in [7, 11) is 1.77. The van der Waals surface area contributed by atoms with Crippen molar-refractivity contribution >= 4 is 22.8 Å². The maximum Gasteiger partial charge on any atom is 0.342 e. The summed E-state index contributed by atoms with van der Waals surface area (Å²) < 4.78 is 6.65. The number of carbonyl (C=O) groups excluding carboxylic acids is 1. The monoisotopic (exact) mass is 219 g/mol. The first-order chi connectivity index (χ1) is 7.66. The van der Waals surface area contributed by atoms with Gasteiger partial charge in [0.2, 0.25) is 0 Å². The summed E-state index contributed by atoms with van der Waals surface area (Å²) in [5, 5.41) is 0.723. The van der Waals surface area contributed by atoms with Crippen LogP contribution >= 0.6 is 0 Å². The number of anilines is 1. The Bertz CT molecular complexity index is 545. The van der Waals surface area contributed by atoms with Crippen molar-refractivity contribution in [3.63, 3.8) is 0 Å². The largest absolute Gasteiger partial charge is 0.462 e. The normalized spacial score (nSPS) is 10.6. The third-order valence-electron chi connectivity index (χ3n) is 2.47. The van der Waals surface area contributed by atoms with Crippen molar-refractivity contribution in [1.29, 1.82) is 0 Å². The Balaban J connectivity index is 2.68. The Hall–Kier alpha value is -2.04. The summed E-state index contributed by atoms with van der Waals surface area (Å²) in [6, 6.07) is 3.58. The van der Waals surface area contributed by atoms with Gasteiger partial charge in [0, 0.05) is 18.6 Å². The minimum atomic E-state index is -0.404. The van der Waals surface area contributed by atoms with Crippen LogP contribution in [0.1, 0.15) is 17.3 Å². The molecule has 5 nitrogen and oxygen atoms in total. The van der Waals surface area contributed by atoms with Crippen molar-refractivity contribution < 1.29 is 9.53 Å². The number of aromatic nitrogens is 2. The maximum absolute atomic E-state index is 11.7. The van der Waals surface area contributed by atoms with Gasteiger partial charge in [-0.2, -0.15) is 0 Å². The number of nitrogens with zero attached hydrogens (tertiary/aromatic N) is 2. The fraction of sp³-hybridized carbons (Fsp3) is 0.273. The van der Waals surface area contributed by atoms with Crippen LogP contribution in [-0.4, -0.2) is 22.1 Å². The van der Waals surface area contributed by atoms with Crippen LogP contribution in [0.4, 0.5) is 5.82 Å². The second-order valence-corrected chi connectivity index (χ2v) is 3.41. The van der Waals surface area contributed by atoms with E-state index in [1.54, 1.807) is 30.8 Å². The van der Waals surface area contributed by atoms with Crippen LogP contribution in [0, 0.1) is 0 Å². The fourth-order valence-corrected chi connectivity index (χ4v) is 1.70. The molecule has 16 heavy (non-hydrogen) atoms. The van der Waals surface area contributed by atoms with Gasteiger partial charge in [-0.05, 0) is 19.1 Å². The van der Waals surface area contributed by atoms with Gasteiger partial charge in [0.15, 0.2) is 0 Å². The number of rotatable bonds is 2. The smallest absolute Gasteiger partial charge is 0.342 e. The second kappa shape index (κ2) is 3.84. The number of hydrogen-bond acceptors (Lipinski definition) is 4. The molecule has 2 heterocycles. The van der Waals surface area contributed by atoms with Gasteiger partial charge in [-0.15, -0.1) is 0 Å². The number of carbonyl (C=O) groups is 1. The highest BCUT2D eigenvalue weighted by Crippen LogP contribution is 2.26. The summed E-state index contributed by atoms with van der Waals surface area (Å²) in [5.41, 5.74) is 6.95. The first-order valence-electron chi connectivity index (χ1n) is 5.02. The van der Waals surface area contributed by atoms with Crippen LogP contribution in [-0.2, 0) is 11.8 Å². The predicted octanol–water partition coefficient (Wildman–Crippen LogP) is 1.33. The van der Waals surface area contributed by atoms with Gasteiger partial charge >= 0.3 is 5.97 Å². The predicted molar refractivity (Wildman–Crippen MR) is 61.1 cm³/mol. The van der Waals surface area contributed by atoms with E-state index in [4.69, 9.17) is 10.5 Å². The number of aryl methyl sites for hydroxylation is 1. The van der Waals surface area contributed by atoms with Crippen LogP contribution in [0.25, 0.3) is 11.0 Å². The highest BCUT2D eigenvalue weighted by Gasteiger charge is 2.20. The Morgan fingerprint density at radius 3 is 3.06 bits per heavy atom. The molecule has 2 aromatic heterocycles. The molecule has 0 saturated heterocycles. The maximum atomic E-state index is 11.7. The highest BCUT2D eigenvalue weighted by molar-refractivity contribution is 6.08. The summed E-state index contributed by atoms with van der Waals surface area (Å²) in [6.07, 6.45) is 1.66. The first-order valence-corrected chi connectivity index (χ1v) is 5.02. The average molecular weight is 219 g/mol. The molecule has 0 bridgehead atoms. The standard InChI is InChI=1S/C11H13N3O2/c1-3-16-11(15)8-7-5-4-6-13-10(7)14(2)9(8)12/h4-6H,3,12H2,1-2H3. The molecule has 2 N–H and O–H groups in total. The molecule has 0 saturated carbocycles. The lowest BCUT2D eigenvalue weighted by molar-refractivity contribution is 0.0530. The number of hydrogen-bond donors (Lipinski definition) is 1. The highest BCUT2D eigenvalue weighted by atomic mass is 16.5. The lowest BCUT2D eigenvalue weighted by Crippen LogP contribution is -2.08. The van der Waals surface area contributed by atoms with Gasteiger partial charge in [-0.1, -0.05) is 0 Å². The number of pyridine rings is 1. The van der Waals surface area contributed by atoms with Crippen molar-refractivity contribution in [2.24, 2.45) is 7.05 Å². The molecule has 0 amide bonds. The number of esters is 1. The van der Waals surface area contributed by atoms with Crippen LogP contribution in [0.15, 0.2) is 18.3 Å². The third-order valence-corrected chi connectivity index (χ3v) is 2.47. The molecule has 0 atom stereocenters. The van der Waals surface area contributed by atoms with Gasteiger partial charge in [0.05, 0.1) is 6.61 Å². The van der Waals surface area contributed by atoms with Crippen molar-refractivity contribution in [3.05, 3.63) is 23.9 Å². The zero-order valence-electron chi connectivity index (χ0n) is 9.23. The van der Waals surface area contributed by atoms with Crippen molar-refractivity contribution in [2.75, 3.05) is 12.3 Å². The zero-order valence-corrected chi connectivity index (χ0v) is 9.23. The molecule has 2 rings (SSSR count). The van der Waals surface area contributed by atoms with Gasteiger partial charge in [0.1, 0.15) is 17.0 Å². The number of ether oxygens (including phenoxy) is 1. The molecule has 0 spiro atoms. The van der Waals surface area contributed by atoms with Crippen LogP contribution in [0.5, 0.6) is 0 Å². The first kappa shape index (κ1) is 10.5. The van der Waals surface area contributed by atoms with E-state index in [0.717, 1.165) is 5.39 Å². The summed E-state index contributed by atoms with van der Waals surface area (Å²) in [6.45, 7) is 2.09. The number of fused-ring (bicyclic) bond motifs is 1. The van der Waals surface area contributed by atoms with E-state index >= 15 is 0 Å². The van der Waals surface area contributed by atoms with Gasteiger partial charge < -0.3 is 15.0 Å². The summed E-state index contributed by atoms with van der Waals surface area (Å²) in [5.74, 6) is -0.0225. The van der Waals surface area contributed by atoms with E-state index in [-0.39, 0.29) is 0 Å². The van der Waals surface area contributed by atoms with Gasteiger partial charge in [-0.25, -0.2) is 9.78 Å². The summed E-state index contributed by atoms with van der Waals surface area (Å²) in [4.78, 5) is 15.9. The molecule has 0 unspecified atom stereocenters.